The van der Waals surface area contributed by atoms with E-state index in [1.165, 1.54) is 30.4 Å². The van der Waals surface area contributed by atoms with Crippen molar-refractivity contribution in [1.82, 2.24) is 15.1 Å². The topological polar surface area (TPSA) is 35.6 Å². The minimum absolute atomic E-state index is 0.0155. The van der Waals surface area contributed by atoms with E-state index in [2.05, 4.69) is 34.5 Å². The number of nitrogens with zero attached hydrogens (tertiary/aromatic N) is 2. The fourth-order valence-corrected chi connectivity index (χ4v) is 3.52. The van der Waals surface area contributed by atoms with E-state index in [-0.39, 0.29) is 12.1 Å². The van der Waals surface area contributed by atoms with E-state index in [0.717, 1.165) is 38.4 Å². The number of urea groups is 1. The van der Waals surface area contributed by atoms with Gasteiger partial charge in [-0.1, -0.05) is 30.7 Å². The van der Waals surface area contributed by atoms with E-state index >= 15 is 0 Å². The Kier molecular flexibility index (Phi) is 5.21. The van der Waals surface area contributed by atoms with Crippen LogP contribution in [-0.4, -0.2) is 49.1 Å². The number of hydrogen-bond donors (Lipinski definition) is 1. The van der Waals surface area contributed by atoms with E-state index < -0.39 is 0 Å². The van der Waals surface area contributed by atoms with Crippen LogP contribution in [0.15, 0.2) is 24.3 Å². The fraction of sp³-hybridized carbons (Fsp3) is 0.632. The van der Waals surface area contributed by atoms with Crippen molar-refractivity contribution >= 4 is 6.03 Å². The minimum Gasteiger partial charge on any atom is -0.334 e. The zero-order valence-electron chi connectivity index (χ0n) is 14.4. The summed E-state index contributed by atoms with van der Waals surface area (Å²) < 4.78 is 0. The standard InChI is InChI=1S/C19H29N3O/c1-21(2)19(23)20-18-7-4-12-22(14-18)13-15-8-10-17(11-9-15)16-5-3-6-16/h8-11,16,18H,3-7,12-14H2,1-2H3,(H,20,23). The van der Waals surface area contributed by atoms with Gasteiger partial charge in [-0.2, -0.15) is 0 Å². The molecule has 4 nitrogen and oxygen atoms in total. The molecule has 2 fully saturated rings. The number of piperidine rings is 1. The molecule has 0 radical (unpaired) electrons. The monoisotopic (exact) mass is 315 g/mol. The Bertz CT molecular complexity index is 522. The molecule has 3 rings (SSSR count). The van der Waals surface area contributed by atoms with Crippen molar-refractivity contribution in [3.05, 3.63) is 35.4 Å². The second-order valence-electron chi connectivity index (χ2n) is 7.29. The van der Waals surface area contributed by atoms with Gasteiger partial charge in [-0.15, -0.1) is 0 Å². The molecular weight excluding hydrogens is 286 g/mol. The number of likely N-dealkylation sites (tertiary alicyclic amines) is 1. The molecule has 0 spiro atoms. The van der Waals surface area contributed by atoms with Crippen LogP contribution in [0.3, 0.4) is 0 Å². The first-order valence-electron chi connectivity index (χ1n) is 8.91. The Balaban J connectivity index is 1.51. The van der Waals surface area contributed by atoms with Crippen LogP contribution in [-0.2, 0) is 6.54 Å². The molecule has 1 aromatic rings. The lowest BCUT2D eigenvalue weighted by Gasteiger charge is -2.33. The number of rotatable bonds is 4. The molecule has 1 N–H and O–H groups in total. The lowest BCUT2D eigenvalue weighted by Crippen LogP contribution is -2.49. The van der Waals surface area contributed by atoms with Crippen molar-refractivity contribution in [3.8, 4) is 0 Å². The van der Waals surface area contributed by atoms with Gasteiger partial charge in [0.2, 0.25) is 0 Å². The van der Waals surface area contributed by atoms with E-state index in [1.807, 2.05) is 0 Å². The van der Waals surface area contributed by atoms with Crippen LogP contribution < -0.4 is 5.32 Å². The SMILES string of the molecule is CN(C)C(=O)NC1CCCN(Cc2ccc(C3CCC3)cc2)C1. The highest BCUT2D eigenvalue weighted by Crippen LogP contribution is 2.36. The summed E-state index contributed by atoms with van der Waals surface area (Å²) in [6, 6.07) is 9.49. The van der Waals surface area contributed by atoms with Gasteiger partial charge in [0.25, 0.3) is 0 Å². The van der Waals surface area contributed by atoms with Crippen LogP contribution in [0.1, 0.15) is 49.1 Å². The summed E-state index contributed by atoms with van der Waals surface area (Å²) in [4.78, 5) is 15.9. The smallest absolute Gasteiger partial charge is 0.317 e. The number of nitrogens with one attached hydrogen (secondary N) is 1. The Hall–Kier alpha value is -1.55. The van der Waals surface area contributed by atoms with E-state index in [1.54, 1.807) is 19.0 Å². The van der Waals surface area contributed by atoms with Crippen LogP contribution in [0, 0.1) is 0 Å². The van der Waals surface area contributed by atoms with Gasteiger partial charge in [-0.3, -0.25) is 4.90 Å². The maximum atomic E-state index is 11.8. The first-order valence-corrected chi connectivity index (χ1v) is 8.91. The molecule has 2 amide bonds. The molecule has 1 heterocycles. The zero-order chi connectivity index (χ0) is 16.2. The third-order valence-corrected chi connectivity index (χ3v) is 5.20. The molecule has 0 aromatic heterocycles. The predicted octanol–water partition coefficient (Wildman–Crippen LogP) is 3.19. The third-order valence-electron chi connectivity index (χ3n) is 5.20. The molecule has 2 aliphatic rings. The van der Waals surface area contributed by atoms with Crippen molar-refractivity contribution < 1.29 is 4.79 Å². The van der Waals surface area contributed by atoms with Gasteiger partial charge >= 0.3 is 6.03 Å². The van der Waals surface area contributed by atoms with E-state index in [9.17, 15) is 4.79 Å². The minimum atomic E-state index is 0.0155. The largest absolute Gasteiger partial charge is 0.334 e. The van der Waals surface area contributed by atoms with Crippen molar-refractivity contribution in [1.29, 1.82) is 0 Å². The average molecular weight is 315 g/mol. The summed E-state index contributed by atoms with van der Waals surface area (Å²) in [6.45, 7) is 3.06. The molecule has 1 aliphatic carbocycles. The summed E-state index contributed by atoms with van der Waals surface area (Å²) in [5.74, 6) is 0.810. The predicted molar refractivity (Wildman–Crippen MR) is 93.6 cm³/mol. The van der Waals surface area contributed by atoms with Gasteiger partial charge in [0.15, 0.2) is 0 Å². The molecular formula is C19H29N3O. The zero-order valence-corrected chi connectivity index (χ0v) is 14.4. The lowest BCUT2D eigenvalue weighted by atomic mass is 9.80. The van der Waals surface area contributed by atoms with Gasteiger partial charge in [-0.25, -0.2) is 4.79 Å². The summed E-state index contributed by atoms with van der Waals surface area (Å²) >= 11 is 0. The van der Waals surface area contributed by atoms with Gasteiger partial charge < -0.3 is 10.2 Å². The molecule has 1 saturated carbocycles. The van der Waals surface area contributed by atoms with Gasteiger partial charge in [0.05, 0.1) is 0 Å². The van der Waals surface area contributed by atoms with E-state index in [4.69, 9.17) is 0 Å². The maximum absolute atomic E-state index is 11.8. The van der Waals surface area contributed by atoms with Crippen molar-refractivity contribution in [2.45, 2.75) is 50.6 Å². The molecule has 1 saturated heterocycles. The summed E-state index contributed by atoms with van der Waals surface area (Å²) in [7, 11) is 3.58. The molecule has 126 valence electrons. The first kappa shape index (κ1) is 16.3. The van der Waals surface area contributed by atoms with Crippen molar-refractivity contribution in [3.63, 3.8) is 0 Å². The van der Waals surface area contributed by atoms with Gasteiger partial charge in [0.1, 0.15) is 0 Å². The molecule has 1 aliphatic heterocycles. The highest BCUT2D eigenvalue weighted by Gasteiger charge is 2.22. The summed E-state index contributed by atoms with van der Waals surface area (Å²) in [5.41, 5.74) is 2.89. The van der Waals surface area contributed by atoms with Crippen LogP contribution in [0.4, 0.5) is 4.79 Å². The normalized spacial score (nSPS) is 22.4. The van der Waals surface area contributed by atoms with Crippen molar-refractivity contribution in [2.24, 2.45) is 0 Å². The number of hydrogen-bond acceptors (Lipinski definition) is 2. The average Bonchev–Trinajstić information content (AvgIpc) is 2.48. The molecule has 0 bridgehead atoms. The first-order chi connectivity index (χ1) is 11.1. The number of carbonyl (C=O) groups excluding carboxylic acids is 1. The van der Waals surface area contributed by atoms with Gasteiger partial charge in [-0.05, 0) is 49.3 Å². The molecule has 1 aromatic carbocycles. The summed E-state index contributed by atoms with van der Waals surface area (Å²) in [5, 5.41) is 3.12. The molecule has 1 unspecified atom stereocenters. The second-order valence-corrected chi connectivity index (χ2v) is 7.29. The Morgan fingerprint density at radius 2 is 1.91 bits per heavy atom. The number of benzene rings is 1. The number of carbonyl (C=O) groups is 1. The van der Waals surface area contributed by atoms with Crippen LogP contribution in [0.5, 0.6) is 0 Å². The molecule has 1 atom stereocenters. The summed E-state index contributed by atoms with van der Waals surface area (Å²) in [6.07, 6.45) is 6.34. The highest BCUT2D eigenvalue weighted by molar-refractivity contribution is 5.73. The Morgan fingerprint density at radius 3 is 2.52 bits per heavy atom. The second kappa shape index (κ2) is 7.35. The molecule has 4 heteroatoms. The molecule has 23 heavy (non-hydrogen) atoms. The Labute approximate surface area is 139 Å². The van der Waals surface area contributed by atoms with Crippen molar-refractivity contribution in [2.75, 3.05) is 27.2 Å². The Morgan fingerprint density at radius 1 is 1.17 bits per heavy atom. The van der Waals surface area contributed by atoms with Crippen LogP contribution in [0.25, 0.3) is 0 Å². The highest BCUT2D eigenvalue weighted by atomic mass is 16.2. The van der Waals surface area contributed by atoms with E-state index in [0.29, 0.717) is 0 Å². The fourth-order valence-electron chi connectivity index (χ4n) is 3.52. The third kappa shape index (κ3) is 4.25. The quantitative estimate of drug-likeness (QED) is 0.926. The van der Waals surface area contributed by atoms with Crippen LogP contribution in [0.2, 0.25) is 0 Å². The van der Waals surface area contributed by atoms with Crippen LogP contribution >= 0.6 is 0 Å². The van der Waals surface area contributed by atoms with Gasteiger partial charge in [0, 0.05) is 33.2 Å². The lowest BCUT2D eigenvalue weighted by molar-refractivity contribution is 0.172. The maximum Gasteiger partial charge on any atom is 0.317 e. The number of amides is 2.